The molecule has 0 amide bonds. The molecule has 3 atom stereocenters. The molecule has 1 aromatic heterocycles. The summed E-state index contributed by atoms with van der Waals surface area (Å²) in [5.74, 6) is 3.04. The summed E-state index contributed by atoms with van der Waals surface area (Å²) in [5, 5.41) is 8.21. The van der Waals surface area contributed by atoms with E-state index < -0.39 is 0 Å². The molecule has 0 radical (unpaired) electrons. The fourth-order valence-corrected chi connectivity index (χ4v) is 4.54. The van der Waals surface area contributed by atoms with Crippen molar-refractivity contribution >= 4 is 15.9 Å². The van der Waals surface area contributed by atoms with Gasteiger partial charge >= 0.3 is 0 Å². The second kappa shape index (κ2) is 6.41. The van der Waals surface area contributed by atoms with Crippen LogP contribution in [0.1, 0.15) is 57.6 Å². The first-order valence-electron chi connectivity index (χ1n) is 8.47. The highest BCUT2D eigenvalue weighted by Crippen LogP contribution is 2.44. The van der Waals surface area contributed by atoms with Crippen LogP contribution in [0.25, 0.3) is 0 Å². The van der Waals surface area contributed by atoms with Crippen LogP contribution in [0.5, 0.6) is 0 Å². The number of aryl methyl sites for hydroxylation is 1. The Morgan fingerprint density at radius 3 is 2.67 bits per heavy atom. The predicted octanol–water partition coefficient (Wildman–Crippen LogP) is 4.09. The minimum absolute atomic E-state index is 0.638. The molecule has 2 aliphatic rings. The van der Waals surface area contributed by atoms with Crippen LogP contribution in [0.2, 0.25) is 0 Å². The summed E-state index contributed by atoms with van der Waals surface area (Å²) in [5.41, 5.74) is 1.41. The van der Waals surface area contributed by atoms with Crippen molar-refractivity contribution in [2.24, 2.45) is 24.8 Å². The van der Waals surface area contributed by atoms with Crippen molar-refractivity contribution in [2.45, 2.75) is 57.9 Å². The highest BCUT2D eigenvalue weighted by Gasteiger charge is 2.36. The van der Waals surface area contributed by atoms with Crippen molar-refractivity contribution in [1.29, 1.82) is 0 Å². The maximum absolute atomic E-state index is 4.45. The lowest BCUT2D eigenvalue weighted by atomic mass is 9.69. The number of hydrogen-bond donors (Lipinski definition) is 1. The third kappa shape index (κ3) is 3.53. The molecule has 0 aliphatic heterocycles. The van der Waals surface area contributed by atoms with Gasteiger partial charge in [0.05, 0.1) is 16.4 Å². The molecule has 1 N–H and O–H groups in total. The molecule has 2 aliphatic carbocycles. The Balaban J connectivity index is 1.77. The van der Waals surface area contributed by atoms with E-state index in [9.17, 15) is 0 Å². The normalized spacial score (nSPS) is 30.0. The fourth-order valence-electron chi connectivity index (χ4n) is 3.89. The zero-order valence-corrected chi connectivity index (χ0v) is 15.1. The van der Waals surface area contributed by atoms with E-state index in [1.165, 1.54) is 48.8 Å². The molecule has 3 nitrogen and oxygen atoms in total. The lowest BCUT2D eigenvalue weighted by Gasteiger charge is -2.38. The van der Waals surface area contributed by atoms with Crippen molar-refractivity contribution in [3.05, 3.63) is 16.4 Å². The Hall–Kier alpha value is -0.350. The molecule has 21 heavy (non-hydrogen) atoms. The van der Waals surface area contributed by atoms with Crippen LogP contribution in [0, 0.1) is 17.8 Å². The number of halogens is 1. The third-order valence-corrected chi connectivity index (χ3v) is 6.12. The van der Waals surface area contributed by atoms with Crippen LogP contribution < -0.4 is 5.32 Å². The van der Waals surface area contributed by atoms with E-state index in [-0.39, 0.29) is 0 Å². The van der Waals surface area contributed by atoms with Crippen LogP contribution >= 0.6 is 15.9 Å². The van der Waals surface area contributed by atoms with Gasteiger partial charge < -0.3 is 5.32 Å². The molecular weight excluding hydrogens is 326 g/mol. The summed E-state index contributed by atoms with van der Waals surface area (Å²) in [7, 11) is 2.09. The van der Waals surface area contributed by atoms with Gasteiger partial charge in [-0.3, -0.25) is 4.68 Å². The molecule has 2 fully saturated rings. The second-order valence-corrected chi connectivity index (χ2v) is 8.22. The highest BCUT2D eigenvalue weighted by molar-refractivity contribution is 9.10. The molecule has 1 heterocycles. The number of nitrogens with zero attached hydrogens (tertiary/aromatic N) is 2. The van der Waals surface area contributed by atoms with E-state index in [4.69, 9.17) is 0 Å². The SMILES string of the molecule is CC(C)C1CCC(CNC2CC2)C(c2c(Br)cnn2C)C1. The minimum Gasteiger partial charge on any atom is -0.314 e. The highest BCUT2D eigenvalue weighted by atomic mass is 79.9. The first-order chi connectivity index (χ1) is 10.1. The summed E-state index contributed by atoms with van der Waals surface area (Å²) in [6.07, 6.45) is 8.76. The molecule has 3 rings (SSSR count). The van der Waals surface area contributed by atoms with Crippen molar-refractivity contribution in [1.82, 2.24) is 15.1 Å². The largest absolute Gasteiger partial charge is 0.314 e. The van der Waals surface area contributed by atoms with Crippen molar-refractivity contribution in [3.63, 3.8) is 0 Å². The molecule has 0 bridgehead atoms. The Morgan fingerprint density at radius 1 is 1.33 bits per heavy atom. The maximum Gasteiger partial charge on any atom is 0.0635 e. The van der Waals surface area contributed by atoms with Gasteiger partial charge in [0.2, 0.25) is 0 Å². The van der Waals surface area contributed by atoms with Gasteiger partial charge in [0.1, 0.15) is 0 Å². The monoisotopic (exact) mass is 353 g/mol. The zero-order chi connectivity index (χ0) is 15.0. The number of aromatic nitrogens is 2. The van der Waals surface area contributed by atoms with Crippen LogP contribution in [0.3, 0.4) is 0 Å². The Morgan fingerprint density at radius 2 is 2.10 bits per heavy atom. The average Bonchev–Trinajstić information content (AvgIpc) is 3.22. The third-order valence-electron chi connectivity index (χ3n) is 5.51. The quantitative estimate of drug-likeness (QED) is 0.863. The Kier molecular flexibility index (Phi) is 4.75. The van der Waals surface area contributed by atoms with E-state index >= 15 is 0 Å². The summed E-state index contributed by atoms with van der Waals surface area (Å²) in [6.45, 7) is 5.93. The number of hydrogen-bond acceptors (Lipinski definition) is 2. The van der Waals surface area contributed by atoms with E-state index in [0.717, 1.165) is 23.8 Å². The smallest absolute Gasteiger partial charge is 0.0635 e. The second-order valence-electron chi connectivity index (χ2n) is 7.37. The van der Waals surface area contributed by atoms with E-state index in [2.05, 4.69) is 51.9 Å². The van der Waals surface area contributed by atoms with E-state index in [1.54, 1.807) is 0 Å². The van der Waals surface area contributed by atoms with Crippen LogP contribution in [-0.4, -0.2) is 22.4 Å². The van der Waals surface area contributed by atoms with Gasteiger partial charge in [-0.2, -0.15) is 5.10 Å². The first-order valence-corrected chi connectivity index (χ1v) is 9.26. The average molecular weight is 354 g/mol. The molecule has 4 heteroatoms. The molecule has 0 spiro atoms. The van der Waals surface area contributed by atoms with Gasteiger partial charge in [-0.25, -0.2) is 0 Å². The number of nitrogens with one attached hydrogen (secondary N) is 1. The fraction of sp³-hybridized carbons (Fsp3) is 0.824. The molecule has 1 aromatic rings. The molecular formula is C17H28BrN3. The summed E-state index contributed by atoms with van der Waals surface area (Å²) >= 11 is 3.73. The lowest BCUT2D eigenvalue weighted by molar-refractivity contribution is 0.184. The molecule has 118 valence electrons. The van der Waals surface area contributed by atoms with Crippen molar-refractivity contribution in [3.8, 4) is 0 Å². The molecule has 3 unspecified atom stereocenters. The standard InChI is InChI=1S/C17H28BrN3/c1-11(2)12-4-5-13(9-19-14-6-7-14)15(8-12)17-16(18)10-20-21(17)3/h10-15,19H,4-9H2,1-3H3. The summed E-state index contributed by atoms with van der Waals surface area (Å²) < 4.78 is 3.28. The van der Waals surface area contributed by atoms with Gasteiger partial charge in [-0.15, -0.1) is 0 Å². The van der Waals surface area contributed by atoms with E-state index in [1.807, 2.05) is 6.20 Å². The van der Waals surface area contributed by atoms with Crippen molar-refractivity contribution < 1.29 is 0 Å². The maximum atomic E-state index is 4.45. The van der Waals surface area contributed by atoms with Gasteiger partial charge in [-0.05, 0) is 72.3 Å². The molecule has 2 saturated carbocycles. The first kappa shape index (κ1) is 15.5. The Labute approximate surface area is 137 Å². The van der Waals surface area contributed by atoms with Crippen molar-refractivity contribution in [2.75, 3.05) is 6.54 Å². The van der Waals surface area contributed by atoms with Gasteiger partial charge in [0.25, 0.3) is 0 Å². The molecule has 0 aromatic carbocycles. The van der Waals surface area contributed by atoms with Crippen LogP contribution in [0.4, 0.5) is 0 Å². The minimum atomic E-state index is 0.638. The Bertz CT molecular complexity index is 459. The van der Waals surface area contributed by atoms with Crippen LogP contribution in [-0.2, 0) is 7.05 Å². The van der Waals surface area contributed by atoms with E-state index in [0.29, 0.717) is 5.92 Å². The number of rotatable bonds is 5. The summed E-state index contributed by atoms with van der Waals surface area (Å²) in [6, 6.07) is 0.809. The predicted molar refractivity (Wildman–Crippen MR) is 90.3 cm³/mol. The van der Waals surface area contributed by atoms with Gasteiger partial charge in [-0.1, -0.05) is 13.8 Å². The van der Waals surface area contributed by atoms with Crippen LogP contribution in [0.15, 0.2) is 10.7 Å². The van der Waals surface area contributed by atoms with Gasteiger partial charge in [0, 0.05) is 19.0 Å². The van der Waals surface area contributed by atoms with Gasteiger partial charge in [0.15, 0.2) is 0 Å². The lowest BCUT2D eigenvalue weighted by Crippen LogP contribution is -2.35. The topological polar surface area (TPSA) is 29.9 Å². The zero-order valence-electron chi connectivity index (χ0n) is 13.5. The molecule has 0 saturated heterocycles. The summed E-state index contributed by atoms with van der Waals surface area (Å²) in [4.78, 5) is 0.